The van der Waals surface area contributed by atoms with Gasteiger partial charge in [-0.15, -0.1) is 0 Å². The lowest BCUT2D eigenvalue weighted by Crippen LogP contribution is -2.54. The second-order valence-electron chi connectivity index (χ2n) is 6.73. The molecule has 29 heavy (non-hydrogen) atoms. The van der Waals surface area contributed by atoms with Crippen molar-refractivity contribution in [1.82, 2.24) is 9.88 Å². The van der Waals surface area contributed by atoms with Gasteiger partial charge in [-0.2, -0.15) is 0 Å². The summed E-state index contributed by atoms with van der Waals surface area (Å²) in [5.41, 5.74) is 2.92. The number of barbiturate groups is 1. The SMILES string of the molecule is COc1ccc(N2C(=O)NC(=O)C(=Cc3c(C)n(C)c4ccccc34)C2=O)cc1. The van der Waals surface area contributed by atoms with E-state index in [2.05, 4.69) is 5.32 Å². The average molecular weight is 389 g/mol. The standard InChI is InChI=1S/C22H19N3O4/c1-13-17(16-6-4-5-7-19(16)24(13)2)12-18-20(26)23-22(28)25(21(18)27)14-8-10-15(29-3)11-9-14/h4-12H,1-3H3,(H,23,26,28). The number of urea groups is 1. The molecule has 0 bridgehead atoms. The van der Waals surface area contributed by atoms with E-state index in [-0.39, 0.29) is 5.57 Å². The monoisotopic (exact) mass is 389 g/mol. The summed E-state index contributed by atoms with van der Waals surface area (Å²) in [5, 5.41) is 3.18. The van der Waals surface area contributed by atoms with Gasteiger partial charge in [-0.05, 0) is 43.3 Å². The van der Waals surface area contributed by atoms with Gasteiger partial charge >= 0.3 is 6.03 Å². The third-order valence-electron chi connectivity index (χ3n) is 5.17. The van der Waals surface area contributed by atoms with E-state index in [0.29, 0.717) is 11.4 Å². The molecule has 2 aromatic carbocycles. The number of carbonyl (C=O) groups excluding carboxylic acids is 3. The highest BCUT2D eigenvalue weighted by Gasteiger charge is 2.37. The summed E-state index contributed by atoms with van der Waals surface area (Å²) in [7, 11) is 3.45. The minimum atomic E-state index is -0.781. The zero-order valence-electron chi connectivity index (χ0n) is 16.2. The Morgan fingerprint density at radius 2 is 1.69 bits per heavy atom. The van der Waals surface area contributed by atoms with Crippen molar-refractivity contribution >= 4 is 40.5 Å². The average Bonchev–Trinajstić information content (AvgIpc) is 2.96. The van der Waals surface area contributed by atoms with Gasteiger partial charge in [-0.1, -0.05) is 18.2 Å². The van der Waals surface area contributed by atoms with Gasteiger partial charge in [0.1, 0.15) is 11.3 Å². The molecule has 1 aliphatic rings. The Morgan fingerprint density at radius 1 is 1.00 bits per heavy atom. The van der Waals surface area contributed by atoms with Gasteiger partial charge < -0.3 is 9.30 Å². The largest absolute Gasteiger partial charge is 0.497 e. The van der Waals surface area contributed by atoms with Crippen LogP contribution in [-0.4, -0.2) is 29.5 Å². The zero-order valence-corrected chi connectivity index (χ0v) is 16.2. The first kappa shape index (κ1) is 18.5. The summed E-state index contributed by atoms with van der Waals surface area (Å²) < 4.78 is 7.11. The number of hydrogen-bond acceptors (Lipinski definition) is 4. The van der Waals surface area contributed by atoms with Gasteiger partial charge in [0.2, 0.25) is 0 Å². The van der Waals surface area contributed by atoms with Crippen LogP contribution in [0.3, 0.4) is 0 Å². The van der Waals surface area contributed by atoms with Crippen molar-refractivity contribution in [3.8, 4) is 5.75 Å². The molecule has 146 valence electrons. The predicted octanol–water partition coefficient (Wildman–Crippen LogP) is 3.16. The third kappa shape index (κ3) is 2.97. The molecule has 0 aliphatic carbocycles. The van der Waals surface area contributed by atoms with Crippen LogP contribution < -0.4 is 15.0 Å². The quantitative estimate of drug-likeness (QED) is 0.551. The number of rotatable bonds is 3. The number of fused-ring (bicyclic) bond motifs is 1. The normalized spacial score (nSPS) is 15.9. The molecule has 4 amide bonds. The smallest absolute Gasteiger partial charge is 0.335 e. The summed E-state index contributed by atoms with van der Waals surface area (Å²) in [5.74, 6) is -0.787. The maximum atomic E-state index is 13.1. The van der Waals surface area contributed by atoms with Crippen LogP contribution in [0.1, 0.15) is 11.3 Å². The topological polar surface area (TPSA) is 80.6 Å². The van der Waals surface area contributed by atoms with E-state index in [1.165, 1.54) is 7.11 Å². The van der Waals surface area contributed by atoms with Crippen molar-refractivity contribution in [3.05, 3.63) is 65.4 Å². The van der Waals surface area contributed by atoms with Crippen LogP contribution in [-0.2, 0) is 16.6 Å². The van der Waals surface area contributed by atoms with Crippen molar-refractivity contribution in [2.45, 2.75) is 6.92 Å². The van der Waals surface area contributed by atoms with Crippen LogP contribution >= 0.6 is 0 Å². The Labute approximate surface area is 167 Å². The molecule has 1 saturated heterocycles. The Kier molecular flexibility index (Phi) is 4.43. The number of amides is 4. The number of benzene rings is 2. The molecule has 0 atom stereocenters. The highest BCUT2D eigenvalue weighted by Crippen LogP contribution is 2.29. The Balaban J connectivity index is 1.81. The summed E-state index contributed by atoms with van der Waals surface area (Å²) in [6, 6.07) is 13.4. The second kappa shape index (κ2) is 6.94. The highest BCUT2D eigenvalue weighted by atomic mass is 16.5. The molecular weight excluding hydrogens is 370 g/mol. The number of anilines is 1. The third-order valence-corrected chi connectivity index (χ3v) is 5.17. The molecule has 7 nitrogen and oxygen atoms in total. The lowest BCUT2D eigenvalue weighted by atomic mass is 10.0. The van der Waals surface area contributed by atoms with Crippen molar-refractivity contribution in [1.29, 1.82) is 0 Å². The number of ether oxygens (including phenoxy) is 1. The van der Waals surface area contributed by atoms with Gasteiger partial charge in [-0.25, -0.2) is 9.69 Å². The van der Waals surface area contributed by atoms with Gasteiger partial charge in [0.05, 0.1) is 12.8 Å². The van der Waals surface area contributed by atoms with Crippen molar-refractivity contribution in [2.75, 3.05) is 12.0 Å². The van der Waals surface area contributed by atoms with Crippen LogP contribution in [0.5, 0.6) is 5.75 Å². The van der Waals surface area contributed by atoms with E-state index in [4.69, 9.17) is 4.74 Å². The number of hydrogen-bond donors (Lipinski definition) is 1. The first-order valence-corrected chi connectivity index (χ1v) is 9.02. The van der Waals surface area contributed by atoms with Crippen molar-refractivity contribution in [3.63, 3.8) is 0 Å². The first-order valence-electron chi connectivity index (χ1n) is 9.02. The van der Waals surface area contributed by atoms with Crippen LogP contribution in [0, 0.1) is 6.92 Å². The van der Waals surface area contributed by atoms with E-state index in [1.807, 2.05) is 42.8 Å². The minimum absolute atomic E-state index is 0.0973. The summed E-state index contributed by atoms with van der Waals surface area (Å²) in [6.07, 6.45) is 1.55. The number of methoxy groups -OCH3 is 1. The van der Waals surface area contributed by atoms with E-state index < -0.39 is 17.8 Å². The van der Waals surface area contributed by atoms with E-state index in [0.717, 1.165) is 27.1 Å². The van der Waals surface area contributed by atoms with Crippen LogP contribution in [0.15, 0.2) is 54.1 Å². The fraction of sp³-hybridized carbons (Fsp3) is 0.136. The molecule has 7 heteroatoms. The lowest BCUT2D eigenvalue weighted by molar-refractivity contribution is -0.122. The Morgan fingerprint density at radius 3 is 2.38 bits per heavy atom. The number of aromatic nitrogens is 1. The molecule has 1 aliphatic heterocycles. The molecule has 0 radical (unpaired) electrons. The predicted molar refractivity (Wildman–Crippen MR) is 110 cm³/mol. The van der Waals surface area contributed by atoms with E-state index >= 15 is 0 Å². The molecule has 3 aromatic rings. The molecule has 1 N–H and O–H groups in total. The molecule has 0 spiro atoms. The molecule has 0 saturated carbocycles. The van der Waals surface area contributed by atoms with Crippen LogP contribution in [0.4, 0.5) is 10.5 Å². The fourth-order valence-electron chi connectivity index (χ4n) is 3.50. The van der Waals surface area contributed by atoms with E-state index in [1.54, 1.807) is 30.3 Å². The Hall–Kier alpha value is -3.87. The maximum absolute atomic E-state index is 13.1. The van der Waals surface area contributed by atoms with Gasteiger partial charge in [0.25, 0.3) is 11.8 Å². The molecule has 4 rings (SSSR count). The van der Waals surface area contributed by atoms with Gasteiger partial charge in [0.15, 0.2) is 0 Å². The summed E-state index contributed by atoms with van der Waals surface area (Å²) in [4.78, 5) is 38.9. The number of carbonyl (C=O) groups is 3. The second-order valence-corrected chi connectivity index (χ2v) is 6.73. The minimum Gasteiger partial charge on any atom is -0.497 e. The molecular formula is C22H19N3O4. The number of para-hydroxylation sites is 1. The number of nitrogens with zero attached hydrogens (tertiary/aromatic N) is 2. The first-order chi connectivity index (χ1) is 13.9. The molecule has 0 unspecified atom stereocenters. The van der Waals surface area contributed by atoms with Gasteiger partial charge in [0, 0.05) is 29.2 Å². The van der Waals surface area contributed by atoms with Crippen LogP contribution in [0.2, 0.25) is 0 Å². The Bertz CT molecular complexity index is 1190. The summed E-state index contributed by atoms with van der Waals surface area (Å²) in [6.45, 7) is 1.92. The maximum Gasteiger partial charge on any atom is 0.335 e. The molecule has 2 heterocycles. The fourth-order valence-corrected chi connectivity index (χ4v) is 3.50. The number of imide groups is 2. The molecule has 1 aromatic heterocycles. The zero-order chi connectivity index (χ0) is 20.7. The van der Waals surface area contributed by atoms with Crippen molar-refractivity contribution < 1.29 is 19.1 Å². The highest BCUT2D eigenvalue weighted by molar-refractivity contribution is 6.39. The van der Waals surface area contributed by atoms with Crippen LogP contribution in [0.25, 0.3) is 17.0 Å². The lowest BCUT2D eigenvalue weighted by Gasteiger charge is -2.26. The van der Waals surface area contributed by atoms with E-state index in [9.17, 15) is 14.4 Å². The summed E-state index contributed by atoms with van der Waals surface area (Å²) >= 11 is 0. The van der Waals surface area contributed by atoms with Crippen molar-refractivity contribution in [2.24, 2.45) is 7.05 Å². The number of aryl methyl sites for hydroxylation is 1. The molecule has 1 fully saturated rings. The number of nitrogens with one attached hydrogen (secondary N) is 1. The van der Waals surface area contributed by atoms with Gasteiger partial charge in [-0.3, -0.25) is 14.9 Å².